The molecule has 1 saturated carbocycles. The molecule has 21 heavy (non-hydrogen) atoms. The fraction of sp³-hybridized carbons (Fsp3) is 0.611. The lowest BCUT2D eigenvalue weighted by Gasteiger charge is -2.42. The average Bonchev–Trinajstić information content (AvgIpc) is 2.94. The van der Waals surface area contributed by atoms with E-state index in [0.717, 1.165) is 49.0 Å². The average molecular weight is 285 g/mol. The summed E-state index contributed by atoms with van der Waals surface area (Å²) in [5.74, 6) is 0.918. The van der Waals surface area contributed by atoms with Gasteiger partial charge in [-0.3, -0.25) is 0 Å². The summed E-state index contributed by atoms with van der Waals surface area (Å²) in [4.78, 5) is 0. The molecule has 3 rings (SSSR count). The quantitative estimate of drug-likeness (QED) is 0.900. The van der Waals surface area contributed by atoms with Crippen LogP contribution in [0.25, 0.3) is 0 Å². The van der Waals surface area contributed by atoms with Gasteiger partial charge in [0.15, 0.2) is 0 Å². The molecule has 1 heterocycles. The number of rotatable bonds is 2. The van der Waals surface area contributed by atoms with Crippen molar-refractivity contribution in [3.63, 3.8) is 0 Å². The van der Waals surface area contributed by atoms with Crippen molar-refractivity contribution >= 4 is 0 Å². The van der Waals surface area contributed by atoms with Gasteiger partial charge in [0, 0.05) is 6.42 Å². The second-order valence-corrected chi connectivity index (χ2v) is 7.30. The molecule has 0 bridgehead atoms. The van der Waals surface area contributed by atoms with E-state index in [4.69, 9.17) is 4.74 Å². The molecular formula is C18H23NO2. The summed E-state index contributed by atoms with van der Waals surface area (Å²) in [7, 11) is 0. The lowest BCUT2D eigenvalue weighted by atomic mass is 9.62. The molecule has 112 valence electrons. The van der Waals surface area contributed by atoms with E-state index in [1.165, 1.54) is 0 Å². The Bertz CT molecular complexity index is 575. The van der Waals surface area contributed by atoms with Crippen LogP contribution in [0.5, 0.6) is 5.75 Å². The SMILES string of the molecule is CC1(C)CCC(C#N)(C(O)c2ccc3c(c2)CCO3)CC1. The maximum Gasteiger partial charge on any atom is 0.122 e. The largest absolute Gasteiger partial charge is 0.493 e. The number of benzene rings is 1. The van der Waals surface area contributed by atoms with Crippen LogP contribution in [0.1, 0.15) is 56.8 Å². The van der Waals surface area contributed by atoms with Gasteiger partial charge < -0.3 is 9.84 Å². The van der Waals surface area contributed by atoms with Gasteiger partial charge in [-0.15, -0.1) is 0 Å². The summed E-state index contributed by atoms with van der Waals surface area (Å²) in [6, 6.07) is 8.30. The Kier molecular flexibility index (Phi) is 3.45. The molecule has 1 aromatic rings. The normalized spacial score (nSPS) is 23.7. The molecular weight excluding hydrogens is 262 g/mol. The maximum atomic E-state index is 10.8. The molecule has 2 aliphatic rings. The van der Waals surface area contributed by atoms with Crippen LogP contribution in [0.15, 0.2) is 18.2 Å². The summed E-state index contributed by atoms with van der Waals surface area (Å²) in [6.07, 6.45) is 3.71. The Hall–Kier alpha value is -1.53. The number of hydrogen-bond donors (Lipinski definition) is 1. The third-order valence-electron chi connectivity index (χ3n) is 5.27. The van der Waals surface area contributed by atoms with Crippen molar-refractivity contribution in [3.05, 3.63) is 29.3 Å². The van der Waals surface area contributed by atoms with E-state index in [2.05, 4.69) is 19.9 Å². The highest BCUT2D eigenvalue weighted by atomic mass is 16.5. The first-order chi connectivity index (χ1) is 9.96. The van der Waals surface area contributed by atoms with Crippen molar-refractivity contribution in [3.8, 4) is 11.8 Å². The minimum absolute atomic E-state index is 0.284. The Balaban J connectivity index is 1.86. The summed E-state index contributed by atoms with van der Waals surface area (Å²) < 4.78 is 5.51. The fourth-order valence-electron chi connectivity index (χ4n) is 3.51. The standard InChI is InChI=1S/C18H23NO2/c1-17(2)6-8-18(12-19,9-7-17)16(20)14-3-4-15-13(11-14)5-10-21-15/h3-4,11,16,20H,5-10H2,1-2H3. The molecule has 0 spiro atoms. The van der Waals surface area contributed by atoms with Gasteiger partial charge in [0.1, 0.15) is 5.75 Å². The number of nitrogens with zero attached hydrogens (tertiary/aromatic N) is 1. The van der Waals surface area contributed by atoms with Crippen LogP contribution in [-0.4, -0.2) is 11.7 Å². The molecule has 0 radical (unpaired) electrons. The zero-order chi connectivity index (χ0) is 15.1. The lowest BCUT2D eigenvalue weighted by molar-refractivity contribution is 0.00952. The van der Waals surface area contributed by atoms with E-state index >= 15 is 0 Å². The Labute approximate surface area is 126 Å². The van der Waals surface area contributed by atoms with Crippen LogP contribution in [0.4, 0.5) is 0 Å². The second kappa shape index (κ2) is 5.03. The first kappa shape index (κ1) is 14.4. The molecule has 0 saturated heterocycles. The molecule has 3 heteroatoms. The molecule has 1 aliphatic heterocycles. The number of fused-ring (bicyclic) bond motifs is 1. The third kappa shape index (κ3) is 2.53. The molecule has 1 aliphatic carbocycles. The molecule has 0 aromatic heterocycles. The topological polar surface area (TPSA) is 53.2 Å². The van der Waals surface area contributed by atoms with Crippen LogP contribution in [-0.2, 0) is 6.42 Å². The smallest absolute Gasteiger partial charge is 0.122 e. The number of aliphatic hydroxyl groups excluding tert-OH is 1. The predicted octanol–water partition coefficient (Wildman–Crippen LogP) is 3.77. The van der Waals surface area contributed by atoms with Crippen LogP contribution in [0, 0.1) is 22.2 Å². The molecule has 1 aromatic carbocycles. The molecule has 1 unspecified atom stereocenters. The van der Waals surface area contributed by atoms with E-state index in [0.29, 0.717) is 6.61 Å². The highest BCUT2D eigenvalue weighted by Crippen LogP contribution is 2.51. The van der Waals surface area contributed by atoms with Crippen LogP contribution in [0.2, 0.25) is 0 Å². The first-order valence-electron chi connectivity index (χ1n) is 7.81. The maximum absolute atomic E-state index is 10.8. The van der Waals surface area contributed by atoms with Gasteiger partial charge in [-0.05, 0) is 54.4 Å². The number of nitriles is 1. The van der Waals surface area contributed by atoms with Gasteiger partial charge in [0.25, 0.3) is 0 Å². The highest BCUT2D eigenvalue weighted by molar-refractivity contribution is 5.41. The zero-order valence-corrected chi connectivity index (χ0v) is 12.9. The predicted molar refractivity (Wildman–Crippen MR) is 80.9 cm³/mol. The molecule has 3 nitrogen and oxygen atoms in total. The monoisotopic (exact) mass is 285 g/mol. The summed E-state index contributed by atoms with van der Waals surface area (Å²) in [5.41, 5.74) is 1.66. The second-order valence-electron chi connectivity index (χ2n) is 7.30. The first-order valence-corrected chi connectivity index (χ1v) is 7.81. The zero-order valence-electron chi connectivity index (χ0n) is 12.9. The molecule has 1 fully saturated rings. The highest BCUT2D eigenvalue weighted by Gasteiger charge is 2.44. The van der Waals surface area contributed by atoms with E-state index in [-0.39, 0.29) is 5.41 Å². The summed E-state index contributed by atoms with van der Waals surface area (Å²) in [5, 5.41) is 20.5. The van der Waals surface area contributed by atoms with Crippen molar-refractivity contribution < 1.29 is 9.84 Å². The third-order valence-corrected chi connectivity index (χ3v) is 5.27. The van der Waals surface area contributed by atoms with Gasteiger partial charge in [0.2, 0.25) is 0 Å². The van der Waals surface area contributed by atoms with Gasteiger partial charge in [-0.1, -0.05) is 19.9 Å². The van der Waals surface area contributed by atoms with Gasteiger partial charge >= 0.3 is 0 Å². The number of hydrogen-bond acceptors (Lipinski definition) is 3. The molecule has 1 N–H and O–H groups in total. The number of ether oxygens (including phenoxy) is 1. The minimum atomic E-state index is -0.704. The van der Waals surface area contributed by atoms with E-state index < -0.39 is 11.5 Å². The van der Waals surface area contributed by atoms with E-state index in [1.54, 1.807) is 0 Å². The van der Waals surface area contributed by atoms with Gasteiger partial charge in [-0.2, -0.15) is 5.26 Å². The number of aliphatic hydroxyl groups is 1. The minimum Gasteiger partial charge on any atom is -0.493 e. The Morgan fingerprint density at radius 2 is 1.95 bits per heavy atom. The van der Waals surface area contributed by atoms with Crippen molar-refractivity contribution in [2.24, 2.45) is 10.8 Å². The van der Waals surface area contributed by atoms with Crippen molar-refractivity contribution in [1.29, 1.82) is 5.26 Å². The van der Waals surface area contributed by atoms with Crippen LogP contribution < -0.4 is 4.74 Å². The summed E-state index contributed by atoms with van der Waals surface area (Å²) in [6.45, 7) is 5.20. The van der Waals surface area contributed by atoms with E-state index in [1.807, 2.05) is 18.2 Å². The van der Waals surface area contributed by atoms with Crippen molar-refractivity contribution in [2.45, 2.75) is 52.1 Å². The molecule has 1 atom stereocenters. The molecule has 0 amide bonds. The Morgan fingerprint density at radius 1 is 1.24 bits per heavy atom. The van der Waals surface area contributed by atoms with Crippen LogP contribution >= 0.6 is 0 Å². The Morgan fingerprint density at radius 3 is 2.62 bits per heavy atom. The van der Waals surface area contributed by atoms with Crippen molar-refractivity contribution in [1.82, 2.24) is 0 Å². The fourth-order valence-corrected chi connectivity index (χ4v) is 3.51. The van der Waals surface area contributed by atoms with E-state index in [9.17, 15) is 10.4 Å². The summed E-state index contributed by atoms with van der Waals surface area (Å²) >= 11 is 0. The van der Waals surface area contributed by atoms with Crippen molar-refractivity contribution in [2.75, 3.05) is 6.61 Å². The van der Waals surface area contributed by atoms with Gasteiger partial charge in [0.05, 0.1) is 24.2 Å². The van der Waals surface area contributed by atoms with Gasteiger partial charge in [-0.25, -0.2) is 0 Å². The van der Waals surface area contributed by atoms with Crippen LogP contribution in [0.3, 0.4) is 0 Å². The lowest BCUT2D eigenvalue weighted by Crippen LogP contribution is -2.35.